The molecule has 39 heavy (non-hydrogen) atoms. The van der Waals surface area contributed by atoms with Gasteiger partial charge in [-0.05, 0) is 18.2 Å². The molecule has 0 unspecified atom stereocenters. The SMILES string of the molecule is CCC(=O)N1CCN(c2nc(OCCN3CCOCC3)nc3c(F)c(-c4c(O)cccc4F)c(Cl)cc23)CC1. The van der Waals surface area contributed by atoms with Crippen molar-refractivity contribution >= 4 is 34.2 Å². The van der Waals surface area contributed by atoms with Gasteiger partial charge in [0.2, 0.25) is 5.91 Å². The molecule has 1 N–H and O–H groups in total. The molecule has 0 saturated carbocycles. The number of aromatic nitrogens is 2. The number of anilines is 1. The third-order valence-corrected chi connectivity index (χ3v) is 7.36. The molecule has 1 aromatic heterocycles. The molecular formula is C27H30ClF2N5O4. The molecule has 208 valence electrons. The Kier molecular flexibility index (Phi) is 8.29. The number of amides is 1. The Hall–Kier alpha value is -3.28. The number of piperazine rings is 1. The molecular weight excluding hydrogens is 532 g/mol. The zero-order valence-electron chi connectivity index (χ0n) is 21.6. The highest BCUT2D eigenvalue weighted by Gasteiger charge is 2.27. The van der Waals surface area contributed by atoms with E-state index in [1.165, 1.54) is 18.2 Å². The normalized spacial score (nSPS) is 16.6. The van der Waals surface area contributed by atoms with Crippen molar-refractivity contribution in [2.75, 3.05) is 70.5 Å². The Labute approximate surface area is 229 Å². The Bertz CT molecular complexity index is 1340. The summed E-state index contributed by atoms with van der Waals surface area (Å²) in [6, 6.07) is 5.17. The summed E-state index contributed by atoms with van der Waals surface area (Å²) in [4.78, 5) is 27.1. The van der Waals surface area contributed by atoms with Crippen LogP contribution in [0, 0.1) is 11.6 Å². The molecule has 2 fully saturated rings. The van der Waals surface area contributed by atoms with Gasteiger partial charge in [0.1, 0.15) is 29.5 Å². The molecule has 0 bridgehead atoms. The molecule has 0 radical (unpaired) electrons. The molecule has 2 aromatic carbocycles. The van der Waals surface area contributed by atoms with Crippen molar-refractivity contribution in [1.29, 1.82) is 0 Å². The van der Waals surface area contributed by atoms with Crippen LogP contribution in [0.1, 0.15) is 13.3 Å². The van der Waals surface area contributed by atoms with E-state index in [0.717, 1.165) is 19.2 Å². The lowest BCUT2D eigenvalue weighted by atomic mass is 10.0. The van der Waals surface area contributed by atoms with Crippen molar-refractivity contribution in [2.24, 2.45) is 0 Å². The number of ether oxygens (including phenoxy) is 2. The fourth-order valence-electron chi connectivity index (χ4n) is 4.94. The van der Waals surface area contributed by atoms with Gasteiger partial charge >= 0.3 is 6.01 Å². The van der Waals surface area contributed by atoms with Gasteiger partial charge in [-0.2, -0.15) is 9.97 Å². The van der Waals surface area contributed by atoms with Gasteiger partial charge in [-0.1, -0.05) is 24.6 Å². The van der Waals surface area contributed by atoms with Gasteiger partial charge in [-0.15, -0.1) is 0 Å². The maximum atomic E-state index is 16.1. The van der Waals surface area contributed by atoms with Gasteiger partial charge in [0.15, 0.2) is 5.82 Å². The first-order chi connectivity index (χ1) is 18.9. The molecule has 3 heterocycles. The summed E-state index contributed by atoms with van der Waals surface area (Å²) in [5.41, 5.74) is -0.735. The third kappa shape index (κ3) is 5.70. The van der Waals surface area contributed by atoms with E-state index in [4.69, 9.17) is 21.1 Å². The number of morpholine rings is 1. The monoisotopic (exact) mass is 561 g/mol. The van der Waals surface area contributed by atoms with E-state index in [-0.39, 0.29) is 40.2 Å². The van der Waals surface area contributed by atoms with E-state index in [0.29, 0.717) is 63.6 Å². The van der Waals surface area contributed by atoms with E-state index in [9.17, 15) is 14.3 Å². The van der Waals surface area contributed by atoms with Crippen molar-refractivity contribution in [2.45, 2.75) is 13.3 Å². The molecule has 2 aliphatic heterocycles. The molecule has 9 nitrogen and oxygen atoms in total. The first kappa shape index (κ1) is 27.3. The zero-order valence-corrected chi connectivity index (χ0v) is 22.4. The van der Waals surface area contributed by atoms with E-state index in [1.807, 2.05) is 11.8 Å². The average molecular weight is 562 g/mol. The topological polar surface area (TPSA) is 91.3 Å². The number of hydrogen-bond donors (Lipinski definition) is 1. The first-order valence-corrected chi connectivity index (χ1v) is 13.4. The number of benzene rings is 2. The van der Waals surface area contributed by atoms with Crippen LogP contribution < -0.4 is 9.64 Å². The van der Waals surface area contributed by atoms with Crippen LogP contribution in [-0.4, -0.2) is 96.4 Å². The Morgan fingerprint density at radius 1 is 1.10 bits per heavy atom. The van der Waals surface area contributed by atoms with Crippen molar-refractivity contribution in [3.05, 3.63) is 40.9 Å². The third-order valence-electron chi connectivity index (χ3n) is 7.06. The van der Waals surface area contributed by atoms with Crippen LogP contribution in [0.4, 0.5) is 14.6 Å². The standard InChI is InChI=1S/C27H30ClF2N5O4/c1-2-21(37)34-6-8-35(9-7-34)26-17-16-18(28)22(23-19(29)4-3-5-20(23)36)24(30)25(17)31-27(32-26)39-15-12-33-10-13-38-14-11-33/h3-5,16,36H,2,6-15H2,1H3. The second kappa shape index (κ2) is 11.8. The Balaban J connectivity index is 1.54. The number of hydrogen-bond acceptors (Lipinski definition) is 8. The lowest BCUT2D eigenvalue weighted by Gasteiger charge is -2.36. The number of rotatable bonds is 7. The highest BCUT2D eigenvalue weighted by molar-refractivity contribution is 6.34. The number of carbonyl (C=O) groups excluding carboxylic acids is 1. The number of phenols is 1. The minimum atomic E-state index is -0.889. The summed E-state index contributed by atoms with van der Waals surface area (Å²) in [6.07, 6.45) is 0.421. The van der Waals surface area contributed by atoms with Crippen LogP contribution in [0.3, 0.4) is 0 Å². The maximum absolute atomic E-state index is 16.1. The minimum absolute atomic E-state index is 0.0252. The number of phenolic OH excluding ortho intramolecular Hbond substituents is 1. The Morgan fingerprint density at radius 3 is 2.54 bits per heavy atom. The molecule has 5 rings (SSSR count). The van der Waals surface area contributed by atoms with Gasteiger partial charge in [-0.3, -0.25) is 9.69 Å². The molecule has 0 spiro atoms. The van der Waals surface area contributed by atoms with Gasteiger partial charge < -0.3 is 24.4 Å². The molecule has 0 atom stereocenters. The van der Waals surface area contributed by atoms with Crippen LogP contribution in [0.15, 0.2) is 24.3 Å². The fourth-order valence-corrected chi connectivity index (χ4v) is 5.22. The molecule has 2 saturated heterocycles. The molecule has 1 amide bonds. The molecule has 0 aliphatic carbocycles. The summed E-state index contributed by atoms with van der Waals surface area (Å²) in [5, 5.41) is 10.6. The number of nitrogens with zero attached hydrogens (tertiary/aromatic N) is 5. The van der Waals surface area contributed by atoms with Crippen LogP contribution in [0.2, 0.25) is 5.02 Å². The highest BCUT2D eigenvalue weighted by atomic mass is 35.5. The number of halogens is 3. The number of fused-ring (bicyclic) bond motifs is 1. The smallest absolute Gasteiger partial charge is 0.319 e. The van der Waals surface area contributed by atoms with Gasteiger partial charge in [0.25, 0.3) is 0 Å². The predicted molar refractivity (Wildman–Crippen MR) is 143 cm³/mol. The van der Waals surface area contributed by atoms with Gasteiger partial charge in [0.05, 0.1) is 23.8 Å². The zero-order chi connectivity index (χ0) is 27.5. The second-order valence-corrected chi connectivity index (χ2v) is 9.84. The van der Waals surface area contributed by atoms with Crippen molar-refractivity contribution in [1.82, 2.24) is 19.8 Å². The highest BCUT2D eigenvalue weighted by Crippen LogP contribution is 2.42. The first-order valence-electron chi connectivity index (χ1n) is 13.0. The largest absolute Gasteiger partial charge is 0.507 e. The quantitative estimate of drug-likeness (QED) is 0.467. The van der Waals surface area contributed by atoms with E-state index < -0.39 is 17.4 Å². The van der Waals surface area contributed by atoms with Crippen molar-refractivity contribution < 1.29 is 28.2 Å². The van der Waals surface area contributed by atoms with E-state index >= 15 is 4.39 Å². The van der Waals surface area contributed by atoms with Crippen molar-refractivity contribution in [3.8, 4) is 22.9 Å². The van der Waals surface area contributed by atoms with Crippen LogP contribution in [-0.2, 0) is 9.53 Å². The predicted octanol–water partition coefficient (Wildman–Crippen LogP) is 3.70. The minimum Gasteiger partial charge on any atom is -0.507 e. The summed E-state index contributed by atoms with van der Waals surface area (Å²) in [7, 11) is 0. The van der Waals surface area contributed by atoms with E-state index in [1.54, 1.807) is 4.90 Å². The number of aromatic hydroxyl groups is 1. The van der Waals surface area contributed by atoms with Gasteiger partial charge in [-0.25, -0.2) is 8.78 Å². The Morgan fingerprint density at radius 2 is 1.85 bits per heavy atom. The van der Waals surface area contributed by atoms with Crippen molar-refractivity contribution in [3.63, 3.8) is 0 Å². The molecule has 3 aromatic rings. The summed E-state index contributed by atoms with van der Waals surface area (Å²) >= 11 is 6.50. The van der Waals surface area contributed by atoms with E-state index in [2.05, 4.69) is 14.9 Å². The van der Waals surface area contributed by atoms with Gasteiger partial charge in [0, 0.05) is 63.2 Å². The average Bonchev–Trinajstić information content (AvgIpc) is 2.95. The number of carbonyl (C=O) groups is 1. The molecule has 2 aliphatic rings. The lowest BCUT2D eigenvalue weighted by molar-refractivity contribution is -0.131. The van der Waals surface area contributed by atoms with Crippen LogP contribution >= 0.6 is 11.6 Å². The second-order valence-electron chi connectivity index (χ2n) is 9.43. The maximum Gasteiger partial charge on any atom is 0.319 e. The summed E-state index contributed by atoms with van der Waals surface area (Å²) in [5.74, 6) is -1.67. The summed E-state index contributed by atoms with van der Waals surface area (Å²) < 4.78 is 42.1. The fraction of sp³-hybridized carbons (Fsp3) is 0.444. The van der Waals surface area contributed by atoms with Crippen LogP contribution in [0.25, 0.3) is 22.0 Å². The molecule has 12 heteroatoms. The van der Waals surface area contributed by atoms with Crippen LogP contribution in [0.5, 0.6) is 11.8 Å². The summed E-state index contributed by atoms with van der Waals surface area (Å²) in [6.45, 7) is 7.53. The lowest BCUT2D eigenvalue weighted by Crippen LogP contribution is -2.49.